The summed E-state index contributed by atoms with van der Waals surface area (Å²) in [4.78, 5) is 15.2. The fourth-order valence-corrected chi connectivity index (χ4v) is 3.94. The molecular weight excluding hydrogens is 406 g/mol. The standard InChI is InChI=1S/C29H31N3O/c1-22-15-16-27(18-24(22)3)30-29(33)32(19-25-11-5-4-6-12-25)21-28-14-9-17-31(28)20-26-13-8-7-10-23(26)2/h4-18H,19-21H2,1-3H3,(H,30,33). The van der Waals surface area contributed by atoms with Crippen molar-refractivity contribution in [2.45, 2.75) is 40.4 Å². The van der Waals surface area contributed by atoms with E-state index in [9.17, 15) is 4.79 Å². The number of hydrogen-bond acceptors (Lipinski definition) is 1. The zero-order valence-electron chi connectivity index (χ0n) is 19.6. The van der Waals surface area contributed by atoms with Gasteiger partial charge in [-0.2, -0.15) is 0 Å². The van der Waals surface area contributed by atoms with Crippen LogP contribution in [0.25, 0.3) is 0 Å². The third-order valence-corrected chi connectivity index (χ3v) is 6.14. The SMILES string of the molecule is Cc1ccc(NC(=O)N(Cc2ccccc2)Cc2cccn2Cc2ccccc2C)cc1C. The Bertz CT molecular complexity index is 1230. The van der Waals surface area contributed by atoms with Gasteiger partial charge in [-0.05, 0) is 72.9 Å². The van der Waals surface area contributed by atoms with Gasteiger partial charge in [0.25, 0.3) is 0 Å². The first-order valence-electron chi connectivity index (χ1n) is 11.4. The maximum atomic E-state index is 13.4. The number of urea groups is 1. The van der Waals surface area contributed by atoms with Crippen molar-refractivity contribution in [1.29, 1.82) is 0 Å². The Labute approximate surface area is 196 Å². The molecule has 0 aliphatic heterocycles. The summed E-state index contributed by atoms with van der Waals surface area (Å²) in [5.41, 5.74) is 7.94. The molecule has 33 heavy (non-hydrogen) atoms. The van der Waals surface area contributed by atoms with Crippen LogP contribution in [0.15, 0.2) is 91.1 Å². The number of aromatic nitrogens is 1. The minimum Gasteiger partial charge on any atom is -0.345 e. The Morgan fingerprint density at radius 2 is 1.55 bits per heavy atom. The van der Waals surface area contributed by atoms with Crippen LogP contribution in [-0.4, -0.2) is 15.5 Å². The molecule has 0 unspecified atom stereocenters. The average Bonchev–Trinajstić information content (AvgIpc) is 3.24. The summed E-state index contributed by atoms with van der Waals surface area (Å²) in [5.74, 6) is 0. The lowest BCUT2D eigenvalue weighted by atomic mass is 10.1. The van der Waals surface area contributed by atoms with Crippen molar-refractivity contribution in [2.75, 3.05) is 5.32 Å². The minimum atomic E-state index is -0.106. The molecule has 4 heteroatoms. The zero-order valence-corrected chi connectivity index (χ0v) is 19.6. The second-order valence-electron chi connectivity index (χ2n) is 8.62. The summed E-state index contributed by atoms with van der Waals surface area (Å²) >= 11 is 0. The number of carbonyl (C=O) groups is 1. The highest BCUT2D eigenvalue weighted by Gasteiger charge is 2.17. The van der Waals surface area contributed by atoms with Crippen LogP contribution in [0, 0.1) is 20.8 Å². The van der Waals surface area contributed by atoms with E-state index in [1.807, 2.05) is 41.3 Å². The van der Waals surface area contributed by atoms with E-state index in [0.717, 1.165) is 29.1 Å². The molecule has 4 aromatic rings. The minimum absolute atomic E-state index is 0.106. The molecule has 0 aliphatic carbocycles. The normalized spacial score (nSPS) is 10.8. The topological polar surface area (TPSA) is 37.3 Å². The van der Waals surface area contributed by atoms with E-state index < -0.39 is 0 Å². The van der Waals surface area contributed by atoms with Gasteiger partial charge in [-0.1, -0.05) is 60.7 Å². The molecule has 0 radical (unpaired) electrons. The van der Waals surface area contributed by atoms with Crippen molar-refractivity contribution < 1.29 is 4.79 Å². The summed E-state index contributed by atoms with van der Waals surface area (Å²) < 4.78 is 2.23. The average molecular weight is 438 g/mol. The van der Waals surface area contributed by atoms with Gasteiger partial charge >= 0.3 is 6.03 Å². The van der Waals surface area contributed by atoms with Crippen LogP contribution in [0.3, 0.4) is 0 Å². The van der Waals surface area contributed by atoms with Crippen LogP contribution < -0.4 is 5.32 Å². The second-order valence-corrected chi connectivity index (χ2v) is 8.62. The highest BCUT2D eigenvalue weighted by Crippen LogP contribution is 2.18. The molecule has 0 atom stereocenters. The Balaban J connectivity index is 1.56. The Hall–Kier alpha value is -3.79. The number of rotatable bonds is 7. The largest absolute Gasteiger partial charge is 0.345 e. The van der Waals surface area contributed by atoms with Crippen molar-refractivity contribution in [3.8, 4) is 0 Å². The molecule has 0 saturated heterocycles. The molecule has 0 bridgehead atoms. The number of hydrogen-bond donors (Lipinski definition) is 1. The molecular formula is C29H31N3O. The van der Waals surface area contributed by atoms with E-state index >= 15 is 0 Å². The first-order chi connectivity index (χ1) is 16.0. The molecule has 1 aromatic heterocycles. The second kappa shape index (κ2) is 10.2. The van der Waals surface area contributed by atoms with Crippen molar-refractivity contribution >= 4 is 11.7 Å². The predicted octanol–water partition coefficient (Wildman–Crippen LogP) is 6.70. The molecule has 0 saturated carbocycles. The summed E-state index contributed by atoms with van der Waals surface area (Å²) in [7, 11) is 0. The first-order valence-corrected chi connectivity index (χ1v) is 11.4. The van der Waals surface area contributed by atoms with Crippen molar-refractivity contribution in [1.82, 2.24) is 9.47 Å². The van der Waals surface area contributed by atoms with Crippen LogP contribution >= 0.6 is 0 Å². The molecule has 168 valence electrons. The number of benzene rings is 3. The number of carbonyl (C=O) groups excluding carboxylic acids is 1. The fraction of sp³-hybridized carbons (Fsp3) is 0.207. The maximum absolute atomic E-state index is 13.4. The van der Waals surface area contributed by atoms with Gasteiger partial charge in [-0.25, -0.2) is 4.79 Å². The van der Waals surface area contributed by atoms with E-state index in [4.69, 9.17) is 0 Å². The summed E-state index contributed by atoms with van der Waals surface area (Å²) in [6, 6.07) is 28.6. The highest BCUT2D eigenvalue weighted by molar-refractivity contribution is 5.89. The van der Waals surface area contributed by atoms with E-state index in [1.165, 1.54) is 16.7 Å². The van der Waals surface area contributed by atoms with Gasteiger partial charge < -0.3 is 14.8 Å². The van der Waals surface area contributed by atoms with E-state index in [2.05, 4.69) is 85.4 Å². The van der Waals surface area contributed by atoms with Crippen molar-refractivity contribution in [3.63, 3.8) is 0 Å². The molecule has 0 aliphatic rings. The van der Waals surface area contributed by atoms with Gasteiger partial charge in [0.1, 0.15) is 0 Å². The Morgan fingerprint density at radius 1 is 0.788 bits per heavy atom. The van der Waals surface area contributed by atoms with Crippen molar-refractivity contribution in [3.05, 3.63) is 125 Å². The number of amides is 2. The van der Waals surface area contributed by atoms with Gasteiger partial charge in [-0.3, -0.25) is 0 Å². The Kier molecular flexibility index (Phi) is 6.94. The lowest BCUT2D eigenvalue weighted by Gasteiger charge is -2.24. The predicted molar refractivity (Wildman–Crippen MR) is 135 cm³/mol. The van der Waals surface area contributed by atoms with Gasteiger partial charge in [-0.15, -0.1) is 0 Å². The monoisotopic (exact) mass is 437 g/mol. The third-order valence-electron chi connectivity index (χ3n) is 6.14. The number of aryl methyl sites for hydroxylation is 3. The van der Waals surface area contributed by atoms with E-state index in [-0.39, 0.29) is 6.03 Å². The maximum Gasteiger partial charge on any atom is 0.322 e. The van der Waals surface area contributed by atoms with Crippen molar-refractivity contribution in [2.24, 2.45) is 0 Å². The zero-order chi connectivity index (χ0) is 23.2. The van der Waals surface area contributed by atoms with E-state index in [1.54, 1.807) is 0 Å². The van der Waals surface area contributed by atoms with Crippen LogP contribution in [0.2, 0.25) is 0 Å². The van der Waals surface area contributed by atoms with Gasteiger partial charge in [0.15, 0.2) is 0 Å². The Morgan fingerprint density at radius 3 is 2.30 bits per heavy atom. The molecule has 0 spiro atoms. The summed E-state index contributed by atoms with van der Waals surface area (Å²) in [5, 5.41) is 3.10. The third kappa shape index (κ3) is 5.72. The molecule has 4 nitrogen and oxygen atoms in total. The van der Waals surface area contributed by atoms with Gasteiger partial charge in [0.2, 0.25) is 0 Å². The number of nitrogens with one attached hydrogen (secondary N) is 1. The molecule has 2 amide bonds. The lowest BCUT2D eigenvalue weighted by molar-refractivity contribution is 0.205. The molecule has 1 N–H and O–H groups in total. The smallest absolute Gasteiger partial charge is 0.322 e. The van der Waals surface area contributed by atoms with Crippen LogP contribution in [0.1, 0.15) is 33.5 Å². The molecule has 3 aromatic carbocycles. The van der Waals surface area contributed by atoms with Crippen LogP contribution in [0.4, 0.5) is 10.5 Å². The summed E-state index contributed by atoms with van der Waals surface area (Å²) in [6.07, 6.45) is 2.09. The molecule has 0 fully saturated rings. The number of anilines is 1. The highest BCUT2D eigenvalue weighted by atomic mass is 16.2. The van der Waals surface area contributed by atoms with Gasteiger partial charge in [0, 0.05) is 30.7 Å². The lowest BCUT2D eigenvalue weighted by Crippen LogP contribution is -2.34. The first kappa shape index (κ1) is 22.4. The summed E-state index contributed by atoms with van der Waals surface area (Å²) in [6.45, 7) is 8.11. The van der Waals surface area contributed by atoms with Crippen LogP contribution in [-0.2, 0) is 19.6 Å². The number of nitrogens with zero attached hydrogens (tertiary/aromatic N) is 2. The molecule has 4 rings (SSSR count). The van der Waals surface area contributed by atoms with Gasteiger partial charge in [0.05, 0.1) is 6.54 Å². The van der Waals surface area contributed by atoms with E-state index in [0.29, 0.717) is 13.1 Å². The quantitative estimate of drug-likeness (QED) is 0.343. The fourth-order valence-electron chi connectivity index (χ4n) is 3.94. The molecule has 1 heterocycles. The van der Waals surface area contributed by atoms with Crippen LogP contribution in [0.5, 0.6) is 0 Å².